The molecule has 0 fully saturated rings. The Labute approximate surface area is 194 Å². The summed E-state index contributed by atoms with van der Waals surface area (Å²) >= 11 is -2.04. The van der Waals surface area contributed by atoms with E-state index in [9.17, 15) is 10.1 Å². The molecule has 1 rings (SSSR count). The Morgan fingerprint density at radius 3 is 1.24 bits per heavy atom. The first-order chi connectivity index (χ1) is 12.9. The summed E-state index contributed by atoms with van der Waals surface area (Å²) in [5, 5.41) is 10.4. The van der Waals surface area contributed by atoms with E-state index in [1.54, 1.807) is 12.1 Å². The maximum Gasteiger partial charge on any atom is 0 e. The van der Waals surface area contributed by atoms with E-state index in [1.807, 2.05) is 0 Å². The summed E-state index contributed by atoms with van der Waals surface area (Å²) in [5.74, 6) is 3.07. The van der Waals surface area contributed by atoms with E-state index < -0.39 is 23.3 Å². The second-order valence-electron chi connectivity index (χ2n) is 4.30. The molecule has 0 unspecified atom stereocenters. The summed E-state index contributed by atoms with van der Waals surface area (Å²) in [7, 11) is 0. The van der Waals surface area contributed by atoms with Crippen molar-refractivity contribution in [3.8, 4) is 9.86 Å². The van der Waals surface area contributed by atoms with Crippen molar-refractivity contribution in [1.29, 1.82) is 0 Å². The van der Waals surface area contributed by atoms with Crippen LogP contribution >= 0.6 is 0 Å². The predicted molar refractivity (Wildman–Crippen MR) is 86.9 cm³/mol. The Morgan fingerprint density at radius 2 is 1.03 bits per heavy atom. The largest absolute Gasteiger partial charge is 0 e. The van der Waals surface area contributed by atoms with Gasteiger partial charge in [0.15, 0.2) is 0 Å². The summed E-state index contributed by atoms with van der Waals surface area (Å²) in [4.78, 5) is 16.7. The molecule has 29 heavy (non-hydrogen) atoms. The van der Waals surface area contributed by atoms with Crippen LogP contribution in [0.25, 0.3) is 0 Å². The van der Waals surface area contributed by atoms with Gasteiger partial charge in [-0.15, -0.1) is 0 Å². The SMILES string of the molecule is [C-]#[O+].[C-]#[O+].[C-]#[O+].[C-]#[O+].[C-]#[O+].[C-]#[O+].[CH3][Sn]([CH3])([CH3])[C]#Cc1ccc([N+](=O)[O-])cc1.[Co].[Co]. The van der Waals surface area contributed by atoms with Gasteiger partial charge in [0.1, 0.15) is 0 Å². The molecule has 0 aliphatic rings. The van der Waals surface area contributed by atoms with Crippen LogP contribution in [0.1, 0.15) is 5.56 Å². The van der Waals surface area contributed by atoms with Crippen LogP contribution in [-0.2, 0) is 61.5 Å². The monoisotopic (exact) mass is 597 g/mol. The van der Waals surface area contributed by atoms with Crippen LogP contribution in [0, 0.1) is 59.9 Å². The Balaban J connectivity index is -0.0000000453. The molecule has 9 nitrogen and oxygen atoms in total. The standard InChI is InChI=1S/C8H4NO2.6CO.3CH3.2Co.Sn/c1-2-7-3-5-8(6-4-7)9(10)11;6*1-2;;;;;;/h3-6H;;;;;;;3*1H3;;;. The summed E-state index contributed by atoms with van der Waals surface area (Å²) in [6.07, 6.45) is 0. The first-order valence-electron chi connectivity index (χ1n) is 5.88. The number of nitrogens with zero attached hydrogens (tertiary/aromatic N) is 1. The van der Waals surface area contributed by atoms with Crippen molar-refractivity contribution in [3.63, 3.8) is 0 Å². The summed E-state index contributed by atoms with van der Waals surface area (Å²) in [5.41, 5.74) is 0.965. The van der Waals surface area contributed by atoms with Crippen LogP contribution in [-0.4, -0.2) is 23.3 Å². The molecule has 156 valence electrons. The van der Waals surface area contributed by atoms with E-state index in [4.69, 9.17) is 27.9 Å². The van der Waals surface area contributed by atoms with E-state index in [1.165, 1.54) is 12.1 Å². The third-order valence-corrected chi connectivity index (χ3v) is 4.16. The van der Waals surface area contributed by atoms with Crippen LogP contribution in [0.15, 0.2) is 24.3 Å². The first kappa shape index (κ1) is 50.8. The van der Waals surface area contributed by atoms with Crippen molar-refractivity contribution in [2.24, 2.45) is 0 Å². The molecule has 2 radical (unpaired) electrons. The fourth-order valence-corrected chi connectivity index (χ4v) is 2.41. The van der Waals surface area contributed by atoms with Crippen molar-refractivity contribution in [1.82, 2.24) is 0 Å². The molecule has 1 aromatic rings. The molecule has 0 N–H and O–H groups in total. The molecule has 0 atom stereocenters. The zero-order valence-electron chi connectivity index (χ0n) is 15.2. The number of rotatable bonds is 1. The topological polar surface area (TPSA) is 163 Å². The minimum Gasteiger partial charge on any atom is 0 e. The second kappa shape index (κ2) is 45.3. The van der Waals surface area contributed by atoms with Crippen molar-refractivity contribution in [3.05, 3.63) is 79.8 Å². The van der Waals surface area contributed by atoms with Gasteiger partial charge < -0.3 is 0 Å². The molecule has 0 aliphatic heterocycles. The fourth-order valence-electron chi connectivity index (χ4n) is 0.926. The quantitative estimate of drug-likeness (QED) is 0.122. The zero-order valence-corrected chi connectivity index (χ0v) is 20.1. The van der Waals surface area contributed by atoms with Crippen molar-refractivity contribution < 1.29 is 66.4 Å². The van der Waals surface area contributed by atoms with Crippen LogP contribution < -0.4 is 0 Å². The maximum atomic E-state index is 10.4. The average Bonchev–Trinajstić information content (AvgIpc) is 2.75. The second-order valence-corrected chi connectivity index (χ2v) is 17.9. The molecule has 0 spiro atoms. The van der Waals surface area contributed by atoms with E-state index >= 15 is 0 Å². The Kier molecular flexibility index (Phi) is 79.2. The number of benzene rings is 1. The molecule has 0 aromatic heterocycles. The van der Waals surface area contributed by atoms with Crippen molar-refractivity contribution >= 4 is 24.1 Å². The first-order valence-corrected chi connectivity index (χ1v) is 15.9. The van der Waals surface area contributed by atoms with E-state index in [-0.39, 0.29) is 39.2 Å². The van der Waals surface area contributed by atoms with Crippen LogP contribution in [0.2, 0.25) is 14.8 Å². The summed E-state index contributed by atoms with van der Waals surface area (Å²) < 4.78 is 48.3. The Morgan fingerprint density at radius 1 is 0.759 bits per heavy atom. The summed E-state index contributed by atoms with van der Waals surface area (Å²) in [6, 6.07) is 6.37. The molecule has 0 amide bonds. The Bertz CT molecular complexity index is 629. The molecule has 12 heteroatoms. The fraction of sp³-hybridized carbons (Fsp3) is 0.176. The van der Waals surface area contributed by atoms with Crippen LogP contribution in [0.5, 0.6) is 0 Å². The van der Waals surface area contributed by atoms with E-state index in [2.05, 4.69) is 64.6 Å². The average molecular weight is 596 g/mol. The normalized spacial score (nSPS) is 5.76. The third kappa shape index (κ3) is 46.4. The zero-order chi connectivity index (χ0) is 23.5. The number of nitro benzene ring substituents is 1. The minimum atomic E-state index is -2.04. The summed E-state index contributed by atoms with van der Waals surface area (Å²) in [6.45, 7) is 27.0. The van der Waals surface area contributed by atoms with Crippen LogP contribution in [0.3, 0.4) is 0 Å². The van der Waals surface area contributed by atoms with Gasteiger partial charge in [-0.05, 0) is 0 Å². The van der Waals surface area contributed by atoms with Gasteiger partial charge in [-0.3, -0.25) is 0 Å². The maximum absolute atomic E-state index is 10.4. The van der Waals surface area contributed by atoms with Gasteiger partial charge >= 0.3 is 161 Å². The van der Waals surface area contributed by atoms with E-state index in [0.717, 1.165) is 5.56 Å². The molecule has 0 aliphatic carbocycles. The molecular formula is C17H13Co2NO8Sn. The van der Waals surface area contributed by atoms with Crippen molar-refractivity contribution in [2.75, 3.05) is 0 Å². The van der Waals surface area contributed by atoms with Gasteiger partial charge in [-0.25, -0.2) is 0 Å². The van der Waals surface area contributed by atoms with E-state index in [0.29, 0.717) is 0 Å². The molecule has 0 bridgehead atoms. The number of hydrogen-bond acceptors (Lipinski definition) is 2. The number of non-ortho nitro benzene ring substituents is 1. The smallest absolute Gasteiger partial charge is 0 e. The number of hydrogen-bond donors (Lipinski definition) is 0. The van der Waals surface area contributed by atoms with Crippen molar-refractivity contribution in [2.45, 2.75) is 14.8 Å². The van der Waals surface area contributed by atoms with Gasteiger partial charge in [-0.1, -0.05) is 0 Å². The van der Waals surface area contributed by atoms with Gasteiger partial charge in [-0.2, -0.15) is 0 Å². The Hall–Kier alpha value is -1.57. The van der Waals surface area contributed by atoms with Gasteiger partial charge in [0, 0.05) is 33.6 Å². The molecule has 1 aromatic carbocycles. The molecule has 0 heterocycles. The van der Waals surface area contributed by atoms with Gasteiger partial charge in [0.25, 0.3) is 0 Å². The predicted octanol–water partition coefficient (Wildman–Crippen LogP) is 2.59. The minimum absolute atomic E-state index is 0. The third-order valence-electron chi connectivity index (χ3n) is 1.66. The molecule has 0 saturated heterocycles. The van der Waals surface area contributed by atoms with Gasteiger partial charge in [0.2, 0.25) is 0 Å². The number of nitro groups is 1. The van der Waals surface area contributed by atoms with Crippen LogP contribution in [0.4, 0.5) is 5.69 Å². The molecule has 0 saturated carbocycles. The van der Waals surface area contributed by atoms with Gasteiger partial charge in [0.05, 0.1) is 0 Å². The molecular weight excluding hydrogens is 583 g/mol.